The first kappa shape index (κ1) is 22.5. The molecular weight excluding hydrogens is 436 g/mol. The summed E-state index contributed by atoms with van der Waals surface area (Å²) in [5, 5.41) is 4.53. The number of esters is 3. The molecule has 0 bridgehead atoms. The van der Waals surface area contributed by atoms with E-state index in [1.165, 1.54) is 18.9 Å². The Labute approximate surface area is 195 Å². The van der Waals surface area contributed by atoms with Crippen LogP contribution in [0.2, 0.25) is 0 Å². The molecule has 0 aliphatic rings. The molecule has 0 atom stereocenters. The summed E-state index contributed by atoms with van der Waals surface area (Å²) in [5.74, 6) is -1.66. The minimum atomic E-state index is -0.739. The summed E-state index contributed by atoms with van der Waals surface area (Å²) < 4.78 is 16.6. The third kappa shape index (κ3) is 4.42. The molecule has 0 spiro atoms. The molecular formula is C26H20N2O6. The summed E-state index contributed by atoms with van der Waals surface area (Å²) in [4.78, 5) is 37.7. The molecule has 8 heteroatoms. The van der Waals surface area contributed by atoms with Crippen LogP contribution in [0.25, 0.3) is 16.9 Å². The van der Waals surface area contributed by atoms with Crippen molar-refractivity contribution in [3.8, 4) is 22.7 Å². The Morgan fingerprint density at radius 1 is 0.706 bits per heavy atom. The van der Waals surface area contributed by atoms with Crippen LogP contribution in [0.1, 0.15) is 31.2 Å². The Morgan fingerprint density at radius 3 is 1.88 bits per heavy atom. The van der Waals surface area contributed by atoms with Gasteiger partial charge in [0.15, 0.2) is 5.69 Å². The van der Waals surface area contributed by atoms with Gasteiger partial charge in [-0.05, 0) is 48.5 Å². The van der Waals surface area contributed by atoms with Crippen LogP contribution < -0.4 is 4.74 Å². The smallest absolute Gasteiger partial charge is 0.357 e. The predicted octanol–water partition coefficient (Wildman–Crippen LogP) is 4.33. The lowest BCUT2D eigenvalue weighted by Crippen LogP contribution is -2.15. The lowest BCUT2D eigenvalue weighted by atomic mass is 10.1. The van der Waals surface area contributed by atoms with E-state index >= 15 is 0 Å². The Bertz CT molecular complexity index is 1330. The first-order chi connectivity index (χ1) is 16.5. The maximum Gasteiger partial charge on any atom is 0.357 e. The van der Waals surface area contributed by atoms with Gasteiger partial charge in [-0.2, -0.15) is 5.10 Å². The van der Waals surface area contributed by atoms with E-state index in [0.717, 1.165) is 0 Å². The summed E-state index contributed by atoms with van der Waals surface area (Å²) in [6, 6.07) is 23.9. The van der Waals surface area contributed by atoms with Gasteiger partial charge in [0.2, 0.25) is 0 Å². The quantitative estimate of drug-likeness (QED) is 0.315. The highest BCUT2D eigenvalue weighted by atomic mass is 16.5. The lowest BCUT2D eigenvalue weighted by molar-refractivity contribution is 0.0549. The molecule has 0 radical (unpaired) electrons. The Hall–Kier alpha value is -4.72. The van der Waals surface area contributed by atoms with Gasteiger partial charge >= 0.3 is 17.9 Å². The molecule has 3 aromatic carbocycles. The summed E-state index contributed by atoms with van der Waals surface area (Å²) in [7, 11) is 2.44. The van der Waals surface area contributed by atoms with Gasteiger partial charge in [-0.3, -0.25) is 0 Å². The number of carbonyl (C=O) groups is 3. The monoisotopic (exact) mass is 456 g/mol. The normalized spacial score (nSPS) is 10.4. The number of para-hydroxylation sites is 1. The van der Waals surface area contributed by atoms with Gasteiger partial charge in [0.25, 0.3) is 0 Å². The third-order valence-electron chi connectivity index (χ3n) is 5.00. The zero-order chi connectivity index (χ0) is 24.1. The number of hydrogen-bond acceptors (Lipinski definition) is 7. The SMILES string of the molecule is COC(=O)c1c(-c2ccc(OC(=O)c3ccccc3)cc2)nn(-c2ccccc2)c1C(=O)OC. The van der Waals surface area contributed by atoms with Crippen molar-refractivity contribution in [2.45, 2.75) is 0 Å². The van der Waals surface area contributed by atoms with Gasteiger partial charge in [-0.1, -0.05) is 36.4 Å². The maximum atomic E-state index is 12.7. The van der Waals surface area contributed by atoms with Crippen molar-refractivity contribution in [1.29, 1.82) is 0 Å². The molecule has 8 nitrogen and oxygen atoms in total. The van der Waals surface area contributed by atoms with Crippen LogP contribution in [-0.4, -0.2) is 41.9 Å². The van der Waals surface area contributed by atoms with E-state index in [2.05, 4.69) is 5.10 Å². The Kier molecular flexibility index (Phi) is 6.49. The van der Waals surface area contributed by atoms with Crippen LogP contribution in [0.15, 0.2) is 84.9 Å². The fraction of sp³-hybridized carbons (Fsp3) is 0.0769. The van der Waals surface area contributed by atoms with Crippen LogP contribution >= 0.6 is 0 Å². The Balaban J connectivity index is 1.76. The van der Waals surface area contributed by atoms with Crippen molar-refractivity contribution in [2.75, 3.05) is 14.2 Å². The topological polar surface area (TPSA) is 96.7 Å². The van der Waals surface area contributed by atoms with Gasteiger partial charge < -0.3 is 14.2 Å². The third-order valence-corrected chi connectivity index (χ3v) is 5.00. The van der Waals surface area contributed by atoms with Crippen LogP contribution in [0.4, 0.5) is 0 Å². The fourth-order valence-corrected chi connectivity index (χ4v) is 3.38. The molecule has 4 aromatic rings. The number of carbonyl (C=O) groups excluding carboxylic acids is 3. The second-order valence-electron chi connectivity index (χ2n) is 7.08. The standard InChI is InChI=1S/C26H20N2O6/c1-32-25(30)21-22(27-28(23(21)26(31)33-2)19-11-7-4-8-12-19)17-13-15-20(16-14-17)34-24(29)18-9-5-3-6-10-18/h3-16H,1-2H3. The highest BCUT2D eigenvalue weighted by Gasteiger charge is 2.31. The highest BCUT2D eigenvalue weighted by Crippen LogP contribution is 2.30. The minimum Gasteiger partial charge on any atom is -0.465 e. The van der Waals surface area contributed by atoms with Crippen molar-refractivity contribution in [3.05, 3.63) is 102 Å². The van der Waals surface area contributed by atoms with Gasteiger partial charge in [0.1, 0.15) is 17.0 Å². The van der Waals surface area contributed by atoms with Crippen molar-refractivity contribution in [1.82, 2.24) is 9.78 Å². The fourth-order valence-electron chi connectivity index (χ4n) is 3.38. The van der Waals surface area contributed by atoms with Crippen LogP contribution in [0, 0.1) is 0 Å². The van der Waals surface area contributed by atoms with Crippen molar-refractivity contribution < 1.29 is 28.6 Å². The summed E-state index contributed by atoms with van der Waals surface area (Å²) in [6.45, 7) is 0. The van der Waals surface area contributed by atoms with E-state index in [4.69, 9.17) is 14.2 Å². The van der Waals surface area contributed by atoms with E-state index in [-0.39, 0.29) is 17.0 Å². The highest BCUT2D eigenvalue weighted by molar-refractivity contribution is 6.06. The van der Waals surface area contributed by atoms with Crippen molar-refractivity contribution in [3.63, 3.8) is 0 Å². The van der Waals surface area contributed by atoms with Crippen molar-refractivity contribution >= 4 is 17.9 Å². The molecule has 34 heavy (non-hydrogen) atoms. The summed E-state index contributed by atoms with van der Waals surface area (Å²) in [5.41, 5.74) is 1.62. The van der Waals surface area contributed by atoms with Crippen LogP contribution in [-0.2, 0) is 9.47 Å². The van der Waals surface area contributed by atoms with Gasteiger partial charge in [0, 0.05) is 5.56 Å². The van der Waals surface area contributed by atoms with E-state index in [1.54, 1.807) is 72.8 Å². The van der Waals surface area contributed by atoms with Crippen LogP contribution in [0.5, 0.6) is 5.75 Å². The average molecular weight is 456 g/mol. The molecule has 0 N–H and O–H groups in total. The minimum absolute atomic E-state index is 0.0350. The van der Waals surface area contributed by atoms with Crippen molar-refractivity contribution in [2.24, 2.45) is 0 Å². The number of rotatable bonds is 6. The average Bonchev–Trinajstić information content (AvgIpc) is 3.30. The van der Waals surface area contributed by atoms with E-state index in [0.29, 0.717) is 22.6 Å². The van der Waals surface area contributed by atoms with Crippen LogP contribution in [0.3, 0.4) is 0 Å². The first-order valence-electron chi connectivity index (χ1n) is 10.3. The van der Waals surface area contributed by atoms with E-state index < -0.39 is 17.9 Å². The number of ether oxygens (including phenoxy) is 3. The maximum absolute atomic E-state index is 12.7. The van der Waals surface area contributed by atoms with E-state index in [1.807, 2.05) is 12.1 Å². The second kappa shape index (κ2) is 9.83. The molecule has 0 unspecified atom stereocenters. The number of methoxy groups -OCH3 is 2. The molecule has 0 aliphatic carbocycles. The number of nitrogens with zero attached hydrogens (tertiary/aromatic N) is 2. The zero-order valence-electron chi connectivity index (χ0n) is 18.4. The Morgan fingerprint density at radius 2 is 1.29 bits per heavy atom. The van der Waals surface area contributed by atoms with Gasteiger partial charge in [-0.15, -0.1) is 0 Å². The first-order valence-corrected chi connectivity index (χ1v) is 10.3. The molecule has 170 valence electrons. The summed E-state index contributed by atoms with van der Waals surface area (Å²) >= 11 is 0. The molecule has 1 heterocycles. The molecule has 0 aliphatic heterocycles. The molecule has 1 aromatic heterocycles. The largest absolute Gasteiger partial charge is 0.465 e. The molecule has 0 saturated carbocycles. The molecule has 0 saturated heterocycles. The second-order valence-corrected chi connectivity index (χ2v) is 7.08. The lowest BCUT2D eigenvalue weighted by Gasteiger charge is -2.07. The summed E-state index contributed by atoms with van der Waals surface area (Å²) in [6.07, 6.45) is 0. The van der Waals surface area contributed by atoms with E-state index in [9.17, 15) is 14.4 Å². The predicted molar refractivity (Wildman–Crippen MR) is 123 cm³/mol. The zero-order valence-corrected chi connectivity index (χ0v) is 18.4. The molecule has 4 rings (SSSR count). The molecule has 0 fully saturated rings. The number of hydrogen-bond donors (Lipinski definition) is 0. The molecule has 0 amide bonds. The van der Waals surface area contributed by atoms with Gasteiger partial charge in [0.05, 0.1) is 25.5 Å². The number of aromatic nitrogens is 2. The van der Waals surface area contributed by atoms with Gasteiger partial charge in [-0.25, -0.2) is 19.1 Å². The number of benzene rings is 3.